The van der Waals surface area contributed by atoms with Gasteiger partial charge in [0.15, 0.2) is 0 Å². The van der Waals surface area contributed by atoms with E-state index in [0.717, 1.165) is 0 Å². The SMILES string of the molecule is Cc1c(CC(=O)NCC(=O)N[C@H](C(=O)[O-])C(C)C)c(=O)oc2cc(O)c(Cl)cc12. The Morgan fingerprint density at radius 1 is 1.24 bits per heavy atom. The molecule has 1 aromatic heterocycles. The van der Waals surface area contributed by atoms with E-state index < -0.39 is 41.9 Å². The minimum absolute atomic E-state index is 0.0640. The molecule has 0 unspecified atom stereocenters. The number of carboxylic acids is 1. The number of nitrogens with one attached hydrogen (secondary N) is 2. The summed E-state index contributed by atoms with van der Waals surface area (Å²) in [6, 6.07) is 1.45. The summed E-state index contributed by atoms with van der Waals surface area (Å²) in [6.45, 7) is 4.35. The van der Waals surface area contributed by atoms with Crippen molar-refractivity contribution in [2.45, 2.75) is 33.2 Å². The topological polar surface area (TPSA) is 149 Å². The molecule has 2 amide bonds. The number of carboxylic acid groups (broad SMARTS) is 1. The average Bonchev–Trinajstić information content (AvgIpc) is 2.63. The van der Waals surface area contributed by atoms with Crippen LogP contribution in [0.5, 0.6) is 5.75 Å². The summed E-state index contributed by atoms with van der Waals surface area (Å²) in [5.74, 6) is -3.39. The summed E-state index contributed by atoms with van der Waals surface area (Å²) in [6.07, 6.45) is -0.357. The van der Waals surface area contributed by atoms with E-state index in [-0.39, 0.29) is 28.3 Å². The number of rotatable bonds is 7. The van der Waals surface area contributed by atoms with Crippen LogP contribution >= 0.6 is 11.6 Å². The third-order valence-electron chi connectivity index (χ3n) is 4.38. The lowest BCUT2D eigenvalue weighted by atomic mass is 10.0. The Morgan fingerprint density at radius 3 is 2.48 bits per heavy atom. The summed E-state index contributed by atoms with van der Waals surface area (Å²) in [5, 5.41) is 25.7. The second-order valence-corrected chi connectivity index (χ2v) is 7.26. The van der Waals surface area contributed by atoms with E-state index in [9.17, 15) is 29.4 Å². The van der Waals surface area contributed by atoms with Crippen LogP contribution in [0, 0.1) is 12.8 Å². The first-order valence-corrected chi connectivity index (χ1v) is 9.10. The Labute approximate surface area is 170 Å². The van der Waals surface area contributed by atoms with Gasteiger partial charge in [0.2, 0.25) is 11.8 Å². The van der Waals surface area contributed by atoms with Crippen molar-refractivity contribution >= 4 is 40.4 Å². The van der Waals surface area contributed by atoms with Gasteiger partial charge in [-0.25, -0.2) is 4.79 Å². The van der Waals surface area contributed by atoms with Crippen LogP contribution in [0.25, 0.3) is 11.0 Å². The van der Waals surface area contributed by atoms with Crippen LogP contribution in [0.4, 0.5) is 0 Å². The van der Waals surface area contributed by atoms with Gasteiger partial charge in [0.25, 0.3) is 0 Å². The van der Waals surface area contributed by atoms with Crippen LogP contribution in [0.3, 0.4) is 0 Å². The standard InChI is InChI=1S/C19H21ClN2O7/c1-8(2)17(18(26)27)22-16(25)7-21-15(24)5-11-9(3)10-4-12(20)13(23)6-14(10)29-19(11)28/h4,6,8,17,23H,5,7H2,1-3H3,(H,21,24)(H,22,25)(H,26,27)/p-1/t17-/m0/s1. The number of halogens is 1. The van der Waals surface area contributed by atoms with Gasteiger partial charge in [0.1, 0.15) is 11.3 Å². The van der Waals surface area contributed by atoms with Crippen molar-refractivity contribution in [2.75, 3.05) is 6.54 Å². The molecular formula is C19H20ClN2O7-. The molecule has 9 nitrogen and oxygen atoms in total. The molecule has 2 aromatic rings. The highest BCUT2D eigenvalue weighted by atomic mass is 35.5. The Balaban J connectivity index is 2.10. The highest BCUT2D eigenvalue weighted by Crippen LogP contribution is 2.30. The van der Waals surface area contributed by atoms with Crippen LogP contribution in [0.15, 0.2) is 21.3 Å². The summed E-state index contributed by atoms with van der Waals surface area (Å²) < 4.78 is 5.14. The zero-order chi connectivity index (χ0) is 21.9. The van der Waals surface area contributed by atoms with E-state index in [4.69, 9.17) is 16.0 Å². The maximum absolute atomic E-state index is 12.2. The smallest absolute Gasteiger partial charge is 0.340 e. The molecule has 0 aliphatic rings. The number of amides is 2. The number of benzene rings is 1. The number of fused-ring (bicyclic) bond motifs is 1. The third-order valence-corrected chi connectivity index (χ3v) is 4.68. The number of carbonyl (C=O) groups is 3. The van der Waals surface area contributed by atoms with Gasteiger partial charge in [-0.3, -0.25) is 9.59 Å². The minimum Gasteiger partial charge on any atom is -0.548 e. The Hall–Kier alpha value is -3.07. The average molecular weight is 424 g/mol. The van der Waals surface area contributed by atoms with Crippen molar-refractivity contribution in [2.24, 2.45) is 5.92 Å². The first-order valence-electron chi connectivity index (χ1n) is 8.73. The molecule has 10 heteroatoms. The molecule has 3 N–H and O–H groups in total. The number of phenols is 1. The van der Waals surface area contributed by atoms with E-state index in [0.29, 0.717) is 10.9 Å². The quantitative estimate of drug-likeness (QED) is 0.531. The van der Waals surface area contributed by atoms with Gasteiger partial charge in [-0.05, 0) is 24.5 Å². The maximum Gasteiger partial charge on any atom is 0.340 e. The number of hydrogen-bond acceptors (Lipinski definition) is 7. The van der Waals surface area contributed by atoms with Gasteiger partial charge < -0.3 is 30.1 Å². The van der Waals surface area contributed by atoms with E-state index in [1.807, 2.05) is 0 Å². The van der Waals surface area contributed by atoms with Gasteiger partial charge in [0.05, 0.1) is 35.6 Å². The molecule has 0 spiro atoms. The molecule has 156 valence electrons. The van der Waals surface area contributed by atoms with Gasteiger partial charge in [-0.15, -0.1) is 0 Å². The van der Waals surface area contributed by atoms with Crippen molar-refractivity contribution < 1.29 is 29.0 Å². The zero-order valence-electron chi connectivity index (χ0n) is 16.0. The monoisotopic (exact) mass is 423 g/mol. The zero-order valence-corrected chi connectivity index (χ0v) is 16.8. The molecule has 2 rings (SSSR count). The van der Waals surface area contributed by atoms with Crippen LogP contribution in [-0.4, -0.2) is 35.5 Å². The molecule has 1 atom stereocenters. The van der Waals surface area contributed by atoms with Crippen LogP contribution in [0.2, 0.25) is 5.02 Å². The second kappa shape index (κ2) is 8.95. The molecule has 29 heavy (non-hydrogen) atoms. The molecule has 0 radical (unpaired) electrons. The third kappa shape index (κ3) is 5.26. The van der Waals surface area contributed by atoms with Gasteiger partial charge in [-0.1, -0.05) is 25.4 Å². The van der Waals surface area contributed by atoms with E-state index >= 15 is 0 Å². The number of carbonyl (C=O) groups excluding carboxylic acids is 3. The van der Waals surface area contributed by atoms with Crippen molar-refractivity contribution in [3.63, 3.8) is 0 Å². The van der Waals surface area contributed by atoms with Crippen molar-refractivity contribution in [1.82, 2.24) is 10.6 Å². The molecule has 1 aromatic carbocycles. The van der Waals surface area contributed by atoms with E-state index in [1.54, 1.807) is 20.8 Å². The Morgan fingerprint density at radius 2 is 1.90 bits per heavy atom. The predicted octanol–water partition coefficient (Wildman–Crippen LogP) is 0.00982. The molecule has 0 fully saturated rings. The minimum atomic E-state index is -1.42. The lowest BCUT2D eigenvalue weighted by molar-refractivity contribution is -0.309. The van der Waals surface area contributed by atoms with Gasteiger partial charge >= 0.3 is 5.63 Å². The number of hydrogen-bond donors (Lipinski definition) is 3. The fraction of sp³-hybridized carbons (Fsp3) is 0.368. The maximum atomic E-state index is 12.2. The molecule has 0 aliphatic heterocycles. The lowest BCUT2D eigenvalue weighted by Crippen LogP contribution is -2.53. The second-order valence-electron chi connectivity index (χ2n) is 6.85. The summed E-state index contributed by atoms with van der Waals surface area (Å²) >= 11 is 5.89. The number of aliphatic carboxylic acids is 1. The fourth-order valence-corrected chi connectivity index (χ4v) is 2.89. The molecule has 0 bridgehead atoms. The Bertz CT molecular complexity index is 1030. The largest absolute Gasteiger partial charge is 0.548 e. The lowest BCUT2D eigenvalue weighted by Gasteiger charge is -2.23. The predicted molar refractivity (Wildman–Crippen MR) is 102 cm³/mol. The van der Waals surface area contributed by atoms with Crippen molar-refractivity contribution in [3.8, 4) is 5.75 Å². The summed E-state index contributed by atoms with van der Waals surface area (Å²) in [4.78, 5) is 47.2. The van der Waals surface area contributed by atoms with Crippen LogP contribution in [-0.2, 0) is 20.8 Å². The van der Waals surface area contributed by atoms with E-state index in [2.05, 4.69) is 10.6 Å². The summed E-state index contributed by atoms with van der Waals surface area (Å²) in [7, 11) is 0. The fourth-order valence-electron chi connectivity index (χ4n) is 2.73. The molecule has 1 heterocycles. The Kier molecular flexibility index (Phi) is 6.86. The first kappa shape index (κ1) is 22.2. The molecular weight excluding hydrogens is 404 g/mol. The number of aryl methyl sites for hydroxylation is 1. The van der Waals surface area contributed by atoms with Gasteiger partial charge in [-0.2, -0.15) is 0 Å². The normalized spacial score (nSPS) is 12.0. The van der Waals surface area contributed by atoms with Crippen LogP contribution in [0.1, 0.15) is 25.0 Å². The van der Waals surface area contributed by atoms with Gasteiger partial charge in [0, 0.05) is 11.5 Å². The van der Waals surface area contributed by atoms with Crippen LogP contribution < -0.4 is 21.4 Å². The highest BCUT2D eigenvalue weighted by molar-refractivity contribution is 6.32. The molecule has 0 aliphatic carbocycles. The van der Waals surface area contributed by atoms with Crippen molar-refractivity contribution in [3.05, 3.63) is 38.7 Å². The van der Waals surface area contributed by atoms with Crippen molar-refractivity contribution in [1.29, 1.82) is 0 Å². The first-order chi connectivity index (χ1) is 13.5. The summed E-state index contributed by atoms with van der Waals surface area (Å²) in [5.41, 5.74) is -0.102. The number of phenolic OH excluding ortho intramolecular Hbond substituents is 1. The van der Waals surface area contributed by atoms with E-state index in [1.165, 1.54) is 12.1 Å². The number of aromatic hydroxyl groups is 1. The highest BCUT2D eigenvalue weighted by Gasteiger charge is 2.19. The molecule has 0 saturated carbocycles. The molecule has 0 saturated heterocycles.